The van der Waals surface area contributed by atoms with Gasteiger partial charge in [0, 0.05) is 0 Å². The third-order valence-electron chi connectivity index (χ3n) is 4.93. The van der Waals surface area contributed by atoms with Gasteiger partial charge in [-0.3, -0.25) is 0 Å². The summed E-state index contributed by atoms with van der Waals surface area (Å²) in [5.41, 5.74) is 0. The number of hydrogen-bond acceptors (Lipinski definition) is 0. The zero-order valence-corrected chi connectivity index (χ0v) is 11.0. The van der Waals surface area contributed by atoms with Gasteiger partial charge in [0.15, 0.2) is 0 Å². The van der Waals surface area contributed by atoms with Crippen LogP contribution >= 0.6 is 0 Å². The van der Waals surface area contributed by atoms with Crippen molar-refractivity contribution in [3.63, 3.8) is 0 Å². The predicted octanol–water partition coefficient (Wildman–Crippen LogP) is 5.14. The van der Waals surface area contributed by atoms with Crippen LogP contribution in [0.2, 0.25) is 0 Å². The summed E-state index contributed by atoms with van der Waals surface area (Å²) in [5.74, 6) is 3.73. The van der Waals surface area contributed by atoms with Crippen molar-refractivity contribution in [2.24, 2.45) is 23.7 Å². The SMILES string of the molecule is C=C/C=C/CCC1C(C=C)CCC2CCCC21. The maximum atomic E-state index is 4.06. The summed E-state index contributed by atoms with van der Waals surface area (Å²) >= 11 is 0. The Hall–Kier alpha value is -0.780. The molecular formula is C17H26. The molecule has 2 aliphatic carbocycles. The normalized spacial score (nSPS) is 36.9. The Morgan fingerprint density at radius 1 is 1.06 bits per heavy atom. The summed E-state index contributed by atoms with van der Waals surface area (Å²) in [6, 6.07) is 0. The number of rotatable bonds is 5. The Balaban J connectivity index is 1.95. The summed E-state index contributed by atoms with van der Waals surface area (Å²) in [6.45, 7) is 7.79. The van der Waals surface area contributed by atoms with Crippen molar-refractivity contribution >= 4 is 0 Å². The summed E-state index contributed by atoms with van der Waals surface area (Å²) in [4.78, 5) is 0. The van der Waals surface area contributed by atoms with E-state index in [1.807, 2.05) is 6.08 Å². The summed E-state index contributed by atoms with van der Waals surface area (Å²) in [6.07, 6.45) is 18.3. The second kappa shape index (κ2) is 6.23. The molecule has 2 saturated carbocycles. The molecule has 2 fully saturated rings. The van der Waals surface area contributed by atoms with E-state index in [1.54, 1.807) is 0 Å². The maximum Gasteiger partial charge on any atom is -0.0205 e. The molecule has 0 aromatic carbocycles. The molecule has 17 heavy (non-hydrogen) atoms. The molecule has 0 bridgehead atoms. The molecule has 0 nitrogen and oxygen atoms in total. The molecule has 0 aromatic rings. The Kier molecular flexibility index (Phi) is 4.65. The van der Waals surface area contributed by atoms with Gasteiger partial charge in [0.25, 0.3) is 0 Å². The second-order valence-electron chi connectivity index (χ2n) is 5.74. The fourth-order valence-electron chi connectivity index (χ4n) is 4.13. The van der Waals surface area contributed by atoms with Gasteiger partial charge in [0.2, 0.25) is 0 Å². The molecule has 0 aromatic heterocycles. The largest absolute Gasteiger partial charge is 0.103 e. The van der Waals surface area contributed by atoms with Crippen LogP contribution in [0.1, 0.15) is 44.9 Å². The van der Waals surface area contributed by atoms with Crippen LogP contribution in [0.5, 0.6) is 0 Å². The lowest BCUT2D eigenvalue weighted by atomic mass is 9.66. The molecule has 0 radical (unpaired) electrons. The third kappa shape index (κ3) is 2.91. The first-order valence-corrected chi connectivity index (χ1v) is 7.27. The lowest BCUT2D eigenvalue weighted by Gasteiger charge is -2.39. The van der Waals surface area contributed by atoms with Crippen LogP contribution in [0.4, 0.5) is 0 Å². The van der Waals surface area contributed by atoms with Crippen LogP contribution in [-0.4, -0.2) is 0 Å². The summed E-state index contributed by atoms with van der Waals surface area (Å²) < 4.78 is 0. The lowest BCUT2D eigenvalue weighted by Crippen LogP contribution is -2.30. The van der Waals surface area contributed by atoms with E-state index in [9.17, 15) is 0 Å². The third-order valence-corrected chi connectivity index (χ3v) is 4.93. The minimum absolute atomic E-state index is 0.784. The van der Waals surface area contributed by atoms with Gasteiger partial charge in [-0.1, -0.05) is 43.7 Å². The van der Waals surface area contributed by atoms with Gasteiger partial charge in [-0.15, -0.1) is 6.58 Å². The molecule has 0 heteroatoms. The molecule has 2 rings (SSSR count). The molecule has 2 aliphatic rings. The molecule has 94 valence electrons. The fraction of sp³-hybridized carbons (Fsp3) is 0.647. The Bertz CT molecular complexity index is 286. The summed E-state index contributed by atoms with van der Waals surface area (Å²) in [7, 11) is 0. The molecular weight excluding hydrogens is 204 g/mol. The van der Waals surface area contributed by atoms with Crippen molar-refractivity contribution in [1.29, 1.82) is 0 Å². The molecule has 4 atom stereocenters. The first kappa shape index (κ1) is 12.7. The van der Waals surface area contributed by atoms with Crippen molar-refractivity contribution < 1.29 is 0 Å². The molecule has 0 amide bonds. The lowest BCUT2D eigenvalue weighted by molar-refractivity contribution is 0.130. The van der Waals surface area contributed by atoms with Gasteiger partial charge in [-0.2, -0.15) is 0 Å². The van der Waals surface area contributed by atoms with Gasteiger partial charge < -0.3 is 0 Å². The van der Waals surface area contributed by atoms with Gasteiger partial charge in [0.05, 0.1) is 0 Å². The fourth-order valence-corrected chi connectivity index (χ4v) is 4.13. The molecule has 0 heterocycles. The van der Waals surface area contributed by atoms with E-state index >= 15 is 0 Å². The Morgan fingerprint density at radius 3 is 2.71 bits per heavy atom. The smallest absolute Gasteiger partial charge is 0.0205 e. The van der Waals surface area contributed by atoms with Crippen LogP contribution in [-0.2, 0) is 0 Å². The van der Waals surface area contributed by atoms with E-state index in [-0.39, 0.29) is 0 Å². The second-order valence-corrected chi connectivity index (χ2v) is 5.74. The van der Waals surface area contributed by atoms with E-state index in [0.717, 1.165) is 23.7 Å². The van der Waals surface area contributed by atoms with Crippen molar-refractivity contribution in [1.82, 2.24) is 0 Å². The number of allylic oxidation sites excluding steroid dienone is 4. The van der Waals surface area contributed by atoms with Gasteiger partial charge in [-0.05, 0) is 55.8 Å². The first-order chi connectivity index (χ1) is 8.36. The molecule has 0 saturated heterocycles. The quantitative estimate of drug-likeness (QED) is 0.453. The molecule has 4 unspecified atom stereocenters. The highest BCUT2D eigenvalue weighted by Crippen LogP contribution is 2.49. The van der Waals surface area contributed by atoms with E-state index in [2.05, 4.69) is 31.4 Å². The van der Waals surface area contributed by atoms with Crippen LogP contribution in [0, 0.1) is 23.7 Å². The van der Waals surface area contributed by atoms with Crippen molar-refractivity contribution in [2.45, 2.75) is 44.9 Å². The highest BCUT2D eigenvalue weighted by Gasteiger charge is 2.39. The highest BCUT2D eigenvalue weighted by atomic mass is 14.4. The van der Waals surface area contributed by atoms with Crippen LogP contribution in [0.15, 0.2) is 37.5 Å². The van der Waals surface area contributed by atoms with Crippen molar-refractivity contribution in [3.05, 3.63) is 37.5 Å². The van der Waals surface area contributed by atoms with Gasteiger partial charge in [-0.25, -0.2) is 0 Å². The van der Waals surface area contributed by atoms with Crippen molar-refractivity contribution in [3.8, 4) is 0 Å². The highest BCUT2D eigenvalue weighted by molar-refractivity contribution is 5.00. The predicted molar refractivity (Wildman–Crippen MR) is 75.8 cm³/mol. The van der Waals surface area contributed by atoms with E-state index < -0.39 is 0 Å². The Labute approximate surface area is 106 Å². The average Bonchev–Trinajstić information content (AvgIpc) is 2.82. The number of hydrogen-bond donors (Lipinski definition) is 0. The van der Waals surface area contributed by atoms with Crippen molar-refractivity contribution in [2.75, 3.05) is 0 Å². The molecule has 0 spiro atoms. The number of fused-ring (bicyclic) bond motifs is 1. The summed E-state index contributed by atoms with van der Waals surface area (Å²) in [5, 5.41) is 0. The van der Waals surface area contributed by atoms with E-state index in [1.165, 1.54) is 44.9 Å². The Morgan fingerprint density at radius 2 is 1.94 bits per heavy atom. The maximum absolute atomic E-state index is 4.06. The van der Waals surface area contributed by atoms with Gasteiger partial charge in [0.1, 0.15) is 0 Å². The molecule has 0 N–H and O–H groups in total. The zero-order chi connectivity index (χ0) is 12.1. The van der Waals surface area contributed by atoms with Crippen LogP contribution in [0.3, 0.4) is 0 Å². The average molecular weight is 230 g/mol. The van der Waals surface area contributed by atoms with E-state index in [4.69, 9.17) is 0 Å². The van der Waals surface area contributed by atoms with Crippen LogP contribution < -0.4 is 0 Å². The minimum Gasteiger partial charge on any atom is -0.103 e. The standard InChI is InChI=1S/C17H26/c1-3-5-6-7-10-16-14(4-2)12-13-15-9-8-11-17(15)16/h3-6,14-17H,1-2,7-13H2/b6-5+. The van der Waals surface area contributed by atoms with E-state index in [0.29, 0.717) is 0 Å². The topological polar surface area (TPSA) is 0 Å². The zero-order valence-electron chi connectivity index (χ0n) is 11.0. The van der Waals surface area contributed by atoms with Crippen LogP contribution in [0.25, 0.3) is 0 Å². The van der Waals surface area contributed by atoms with Gasteiger partial charge >= 0.3 is 0 Å². The first-order valence-electron chi connectivity index (χ1n) is 7.27. The monoisotopic (exact) mass is 230 g/mol. The minimum atomic E-state index is 0.784. The molecule has 0 aliphatic heterocycles.